The molecule has 0 spiro atoms. The summed E-state index contributed by atoms with van der Waals surface area (Å²) < 4.78 is 5.78. The Bertz CT molecular complexity index is 728. The third kappa shape index (κ3) is 1.74. The summed E-state index contributed by atoms with van der Waals surface area (Å²) in [4.78, 5) is 4.52. The van der Waals surface area contributed by atoms with E-state index in [1.54, 1.807) is 0 Å². The Kier molecular flexibility index (Phi) is 2.33. The Hall–Kier alpha value is -2.29. The number of oxazole rings is 1. The number of nitrogens with zero attached hydrogens (tertiary/aromatic N) is 1. The highest BCUT2D eigenvalue weighted by Gasteiger charge is 2.10. The Morgan fingerprint density at radius 1 is 1.06 bits per heavy atom. The zero-order valence-corrected chi connectivity index (χ0v) is 10.4. The largest absolute Gasteiger partial charge is 0.436 e. The second-order valence-corrected chi connectivity index (χ2v) is 4.56. The number of hydrogen-bond acceptors (Lipinski definition) is 3. The van der Waals surface area contributed by atoms with Gasteiger partial charge in [0.05, 0.1) is 0 Å². The van der Waals surface area contributed by atoms with Crippen LogP contribution in [-0.4, -0.2) is 4.98 Å². The first-order chi connectivity index (χ1) is 8.63. The molecular weight excluding hydrogens is 224 g/mol. The number of nitrogen functional groups attached to an aromatic ring is 1. The molecule has 0 unspecified atom stereocenters. The number of aromatic nitrogens is 1. The van der Waals surface area contributed by atoms with Crippen LogP contribution in [0.2, 0.25) is 0 Å². The van der Waals surface area contributed by atoms with Crippen molar-refractivity contribution in [3.8, 4) is 11.5 Å². The summed E-state index contributed by atoms with van der Waals surface area (Å²) in [6.45, 7) is 4.06. The predicted molar refractivity (Wildman–Crippen MR) is 73.3 cm³/mol. The van der Waals surface area contributed by atoms with Crippen LogP contribution in [0.1, 0.15) is 11.1 Å². The predicted octanol–water partition coefficient (Wildman–Crippen LogP) is 3.69. The number of aryl methyl sites for hydroxylation is 2. The first-order valence-electron chi connectivity index (χ1n) is 5.87. The van der Waals surface area contributed by atoms with E-state index in [0.717, 1.165) is 22.2 Å². The van der Waals surface area contributed by atoms with Crippen LogP contribution in [0.4, 0.5) is 5.69 Å². The zero-order chi connectivity index (χ0) is 12.7. The van der Waals surface area contributed by atoms with E-state index >= 15 is 0 Å². The van der Waals surface area contributed by atoms with E-state index in [1.807, 2.05) is 50.2 Å². The van der Waals surface area contributed by atoms with Gasteiger partial charge in [0.1, 0.15) is 5.52 Å². The van der Waals surface area contributed by atoms with Gasteiger partial charge < -0.3 is 10.2 Å². The van der Waals surface area contributed by atoms with Gasteiger partial charge in [-0.25, -0.2) is 4.98 Å². The third-order valence-electron chi connectivity index (χ3n) is 3.04. The third-order valence-corrected chi connectivity index (χ3v) is 3.04. The van der Waals surface area contributed by atoms with Gasteiger partial charge in [-0.3, -0.25) is 0 Å². The van der Waals surface area contributed by atoms with Gasteiger partial charge in [-0.05, 0) is 49.2 Å². The molecule has 3 rings (SSSR count). The normalized spacial score (nSPS) is 11.0. The highest BCUT2D eigenvalue weighted by molar-refractivity contribution is 5.78. The van der Waals surface area contributed by atoms with Gasteiger partial charge in [-0.15, -0.1) is 0 Å². The van der Waals surface area contributed by atoms with Gasteiger partial charge in [0.25, 0.3) is 0 Å². The van der Waals surface area contributed by atoms with E-state index in [4.69, 9.17) is 10.2 Å². The average Bonchev–Trinajstić information content (AvgIpc) is 2.74. The summed E-state index contributed by atoms with van der Waals surface area (Å²) in [6.07, 6.45) is 0. The summed E-state index contributed by atoms with van der Waals surface area (Å²) in [5.74, 6) is 0.625. The second kappa shape index (κ2) is 3.88. The lowest BCUT2D eigenvalue weighted by Crippen LogP contribution is -1.88. The molecule has 3 nitrogen and oxygen atoms in total. The molecule has 0 fully saturated rings. The van der Waals surface area contributed by atoms with Crippen molar-refractivity contribution >= 4 is 16.8 Å². The van der Waals surface area contributed by atoms with Crippen LogP contribution in [0.25, 0.3) is 22.6 Å². The topological polar surface area (TPSA) is 52.0 Å². The Labute approximate surface area is 105 Å². The van der Waals surface area contributed by atoms with Crippen LogP contribution in [-0.2, 0) is 0 Å². The highest BCUT2D eigenvalue weighted by atomic mass is 16.3. The van der Waals surface area contributed by atoms with Crippen LogP contribution in [0.5, 0.6) is 0 Å². The lowest BCUT2D eigenvalue weighted by Gasteiger charge is -2.01. The van der Waals surface area contributed by atoms with Gasteiger partial charge in [0, 0.05) is 11.3 Å². The number of fused-ring (bicyclic) bond motifs is 1. The number of nitrogens with two attached hydrogens (primary N) is 1. The summed E-state index contributed by atoms with van der Waals surface area (Å²) >= 11 is 0. The molecular formula is C15H14N2O. The lowest BCUT2D eigenvalue weighted by atomic mass is 10.1. The molecule has 0 aliphatic heterocycles. The van der Waals surface area contributed by atoms with Crippen molar-refractivity contribution in [2.75, 3.05) is 5.73 Å². The molecule has 2 aromatic carbocycles. The molecule has 90 valence electrons. The van der Waals surface area contributed by atoms with Gasteiger partial charge >= 0.3 is 0 Å². The van der Waals surface area contributed by atoms with E-state index in [9.17, 15) is 0 Å². The minimum absolute atomic E-state index is 0.625. The van der Waals surface area contributed by atoms with E-state index in [-0.39, 0.29) is 0 Å². The van der Waals surface area contributed by atoms with Crippen LogP contribution in [0.15, 0.2) is 40.8 Å². The first-order valence-corrected chi connectivity index (χ1v) is 5.87. The fourth-order valence-corrected chi connectivity index (χ4v) is 2.02. The van der Waals surface area contributed by atoms with Crippen LogP contribution in [0.3, 0.4) is 0 Å². The molecule has 0 amide bonds. The molecule has 0 saturated carbocycles. The van der Waals surface area contributed by atoms with Crippen molar-refractivity contribution in [3.63, 3.8) is 0 Å². The molecule has 2 N–H and O–H groups in total. The number of rotatable bonds is 1. The molecule has 1 aromatic heterocycles. The standard InChI is InChI=1S/C15H14N2O/c1-9-3-6-14-13(7-9)17-15(18-14)12-8-11(16)5-4-10(12)2/h3-8H,16H2,1-2H3. The monoisotopic (exact) mass is 238 g/mol. The van der Waals surface area contributed by atoms with E-state index in [0.29, 0.717) is 11.6 Å². The Morgan fingerprint density at radius 3 is 2.72 bits per heavy atom. The smallest absolute Gasteiger partial charge is 0.227 e. The van der Waals surface area contributed by atoms with Gasteiger partial charge in [-0.1, -0.05) is 12.1 Å². The van der Waals surface area contributed by atoms with Crippen LogP contribution >= 0.6 is 0 Å². The van der Waals surface area contributed by atoms with Crippen molar-refractivity contribution in [2.24, 2.45) is 0 Å². The van der Waals surface area contributed by atoms with Crippen molar-refractivity contribution in [1.82, 2.24) is 4.98 Å². The van der Waals surface area contributed by atoms with Gasteiger partial charge in [-0.2, -0.15) is 0 Å². The fraction of sp³-hybridized carbons (Fsp3) is 0.133. The first kappa shape index (κ1) is 10.8. The summed E-state index contributed by atoms with van der Waals surface area (Å²) in [5.41, 5.74) is 11.4. The summed E-state index contributed by atoms with van der Waals surface area (Å²) in [5, 5.41) is 0. The van der Waals surface area contributed by atoms with Gasteiger partial charge in [0.2, 0.25) is 5.89 Å². The van der Waals surface area contributed by atoms with Crippen LogP contribution < -0.4 is 5.73 Å². The van der Waals surface area contributed by atoms with Crippen LogP contribution in [0, 0.1) is 13.8 Å². The van der Waals surface area contributed by atoms with Crippen molar-refractivity contribution in [2.45, 2.75) is 13.8 Å². The average molecular weight is 238 g/mol. The molecule has 0 radical (unpaired) electrons. The minimum Gasteiger partial charge on any atom is -0.436 e. The Balaban J connectivity index is 2.22. The molecule has 0 aliphatic rings. The summed E-state index contributed by atoms with van der Waals surface area (Å²) in [7, 11) is 0. The maximum absolute atomic E-state index is 5.81. The molecule has 1 heterocycles. The minimum atomic E-state index is 0.625. The van der Waals surface area contributed by atoms with E-state index in [2.05, 4.69) is 4.98 Å². The molecule has 18 heavy (non-hydrogen) atoms. The molecule has 0 aliphatic carbocycles. The van der Waals surface area contributed by atoms with E-state index in [1.165, 1.54) is 5.56 Å². The molecule has 3 aromatic rings. The maximum atomic E-state index is 5.81. The van der Waals surface area contributed by atoms with Crippen molar-refractivity contribution in [3.05, 3.63) is 47.5 Å². The fourth-order valence-electron chi connectivity index (χ4n) is 2.02. The van der Waals surface area contributed by atoms with Gasteiger partial charge in [0.15, 0.2) is 5.58 Å². The Morgan fingerprint density at radius 2 is 1.89 bits per heavy atom. The number of benzene rings is 2. The van der Waals surface area contributed by atoms with E-state index < -0.39 is 0 Å². The molecule has 0 bridgehead atoms. The number of hydrogen-bond donors (Lipinski definition) is 1. The van der Waals surface area contributed by atoms with Crippen molar-refractivity contribution in [1.29, 1.82) is 0 Å². The molecule has 0 saturated heterocycles. The highest BCUT2D eigenvalue weighted by Crippen LogP contribution is 2.28. The number of anilines is 1. The summed E-state index contributed by atoms with van der Waals surface area (Å²) in [6, 6.07) is 11.7. The van der Waals surface area contributed by atoms with Crippen molar-refractivity contribution < 1.29 is 4.42 Å². The molecule has 0 atom stereocenters. The maximum Gasteiger partial charge on any atom is 0.227 e. The lowest BCUT2D eigenvalue weighted by molar-refractivity contribution is 0.619. The SMILES string of the molecule is Cc1ccc2oc(-c3cc(N)ccc3C)nc2c1. The zero-order valence-electron chi connectivity index (χ0n) is 10.4. The second-order valence-electron chi connectivity index (χ2n) is 4.56. The quantitative estimate of drug-likeness (QED) is 0.658. The molecule has 3 heteroatoms.